The Morgan fingerprint density at radius 1 is 1.04 bits per heavy atom. The molecule has 4 aromatic rings. The summed E-state index contributed by atoms with van der Waals surface area (Å²) in [7, 11) is 1.68. The molecule has 0 saturated carbocycles. The number of para-hydroxylation sites is 1. The molecule has 2 N–H and O–H groups in total. The zero-order valence-corrected chi connectivity index (χ0v) is 15.7. The van der Waals surface area contributed by atoms with Gasteiger partial charge < -0.3 is 15.0 Å². The normalized spacial score (nSPS) is 12.1. The zero-order chi connectivity index (χ0) is 18.8. The number of hydrogen-bond acceptors (Lipinski definition) is 4. The summed E-state index contributed by atoms with van der Waals surface area (Å²) in [5, 5.41) is 4.65. The third-order valence-electron chi connectivity index (χ3n) is 4.66. The average molecular weight is 358 g/mol. The second-order valence-corrected chi connectivity index (χ2v) is 6.58. The molecular formula is C22H22N4O. The van der Waals surface area contributed by atoms with Gasteiger partial charge in [-0.2, -0.15) is 0 Å². The zero-order valence-electron chi connectivity index (χ0n) is 15.7. The monoisotopic (exact) mass is 358 g/mol. The number of fused-ring (bicyclic) bond motifs is 1. The highest BCUT2D eigenvalue weighted by Gasteiger charge is 2.12. The highest BCUT2D eigenvalue weighted by Crippen LogP contribution is 2.29. The molecular weight excluding hydrogens is 336 g/mol. The second-order valence-electron chi connectivity index (χ2n) is 6.58. The summed E-state index contributed by atoms with van der Waals surface area (Å²) in [5.41, 5.74) is 4.19. The second kappa shape index (κ2) is 7.11. The van der Waals surface area contributed by atoms with Crippen LogP contribution in [0.25, 0.3) is 22.2 Å². The number of benzene rings is 2. The van der Waals surface area contributed by atoms with Gasteiger partial charge in [0.25, 0.3) is 0 Å². The fourth-order valence-corrected chi connectivity index (χ4v) is 3.29. The van der Waals surface area contributed by atoms with Crippen molar-refractivity contribution >= 4 is 16.7 Å². The molecule has 5 heteroatoms. The molecule has 0 amide bonds. The fraction of sp³-hybridized carbons (Fsp3) is 0.182. The fourth-order valence-electron chi connectivity index (χ4n) is 3.29. The Labute approximate surface area is 158 Å². The number of rotatable bonds is 5. The van der Waals surface area contributed by atoms with E-state index in [0.29, 0.717) is 0 Å². The van der Waals surface area contributed by atoms with Crippen LogP contribution in [0.1, 0.15) is 24.4 Å². The Bertz CT molecular complexity index is 1090. The van der Waals surface area contributed by atoms with Gasteiger partial charge in [-0.1, -0.05) is 30.3 Å². The van der Waals surface area contributed by atoms with Gasteiger partial charge in [0.1, 0.15) is 17.4 Å². The number of aromatic amines is 1. The van der Waals surface area contributed by atoms with E-state index in [2.05, 4.69) is 57.5 Å². The lowest BCUT2D eigenvalue weighted by Crippen LogP contribution is -2.09. The van der Waals surface area contributed by atoms with Crippen LogP contribution in [0.5, 0.6) is 5.75 Å². The minimum absolute atomic E-state index is 0.0866. The van der Waals surface area contributed by atoms with Crippen LogP contribution in [0.3, 0.4) is 0 Å². The largest absolute Gasteiger partial charge is 0.497 e. The lowest BCUT2D eigenvalue weighted by molar-refractivity contribution is 0.414. The first kappa shape index (κ1) is 17.1. The Morgan fingerprint density at radius 3 is 2.74 bits per heavy atom. The van der Waals surface area contributed by atoms with Gasteiger partial charge in [-0.15, -0.1) is 0 Å². The van der Waals surface area contributed by atoms with Gasteiger partial charge in [-0.3, -0.25) is 0 Å². The molecule has 2 heterocycles. The summed E-state index contributed by atoms with van der Waals surface area (Å²) in [6, 6.07) is 18.4. The molecule has 0 spiro atoms. The van der Waals surface area contributed by atoms with Crippen molar-refractivity contribution in [1.29, 1.82) is 0 Å². The van der Waals surface area contributed by atoms with E-state index >= 15 is 0 Å². The van der Waals surface area contributed by atoms with Crippen LogP contribution in [-0.4, -0.2) is 22.1 Å². The maximum atomic E-state index is 5.33. The molecule has 0 fully saturated rings. The summed E-state index contributed by atoms with van der Waals surface area (Å²) in [6.07, 6.45) is 1.95. The van der Waals surface area contributed by atoms with E-state index in [-0.39, 0.29) is 6.04 Å². The standard InChI is InChI=1S/C22H22N4O/c1-14(17-7-4-8-18(12-17)27-3)24-21-13-20(25-15(2)26-21)19-9-5-6-16-10-11-23-22(16)19/h4-14,23H,1-3H3,(H,24,25,26). The van der Waals surface area contributed by atoms with Crippen molar-refractivity contribution in [1.82, 2.24) is 15.0 Å². The van der Waals surface area contributed by atoms with Crippen LogP contribution in [0.2, 0.25) is 0 Å². The van der Waals surface area contributed by atoms with Crippen LogP contribution in [0, 0.1) is 6.92 Å². The lowest BCUT2D eigenvalue weighted by Gasteiger charge is -2.17. The number of anilines is 1. The summed E-state index contributed by atoms with van der Waals surface area (Å²) < 4.78 is 5.33. The van der Waals surface area contributed by atoms with E-state index in [1.807, 2.05) is 37.4 Å². The highest BCUT2D eigenvalue weighted by atomic mass is 16.5. The summed E-state index contributed by atoms with van der Waals surface area (Å²) in [5.74, 6) is 2.38. The molecule has 2 aromatic heterocycles. The quantitative estimate of drug-likeness (QED) is 0.520. The number of ether oxygens (including phenoxy) is 1. The predicted octanol–water partition coefficient (Wildman–Crippen LogP) is 5.12. The lowest BCUT2D eigenvalue weighted by atomic mass is 10.1. The number of aromatic nitrogens is 3. The van der Waals surface area contributed by atoms with Gasteiger partial charge >= 0.3 is 0 Å². The molecule has 2 aromatic carbocycles. The van der Waals surface area contributed by atoms with E-state index in [1.54, 1.807) is 7.11 Å². The number of hydrogen-bond donors (Lipinski definition) is 2. The minimum Gasteiger partial charge on any atom is -0.497 e. The van der Waals surface area contributed by atoms with Gasteiger partial charge in [-0.25, -0.2) is 9.97 Å². The summed E-state index contributed by atoms with van der Waals surface area (Å²) >= 11 is 0. The molecule has 0 aliphatic carbocycles. The SMILES string of the molecule is COc1cccc(C(C)Nc2cc(-c3cccc4cc[nH]c34)nc(C)n2)c1. The van der Waals surface area contributed by atoms with E-state index in [9.17, 15) is 0 Å². The molecule has 0 aliphatic heterocycles. The Balaban J connectivity index is 1.67. The van der Waals surface area contributed by atoms with Crippen molar-refractivity contribution in [2.45, 2.75) is 19.9 Å². The van der Waals surface area contributed by atoms with Crippen molar-refractivity contribution < 1.29 is 4.74 Å². The third-order valence-corrected chi connectivity index (χ3v) is 4.66. The number of H-pyrrole nitrogens is 1. The van der Waals surface area contributed by atoms with Crippen molar-refractivity contribution in [2.75, 3.05) is 12.4 Å². The maximum absolute atomic E-state index is 5.33. The Morgan fingerprint density at radius 2 is 1.89 bits per heavy atom. The number of methoxy groups -OCH3 is 1. The molecule has 0 radical (unpaired) electrons. The Hall–Kier alpha value is -3.34. The average Bonchev–Trinajstić information content (AvgIpc) is 3.16. The molecule has 1 atom stereocenters. The van der Waals surface area contributed by atoms with E-state index in [4.69, 9.17) is 4.74 Å². The Kier molecular flexibility index (Phi) is 4.50. The van der Waals surface area contributed by atoms with Gasteiger partial charge in [0.15, 0.2) is 0 Å². The van der Waals surface area contributed by atoms with Crippen LogP contribution in [-0.2, 0) is 0 Å². The molecule has 136 valence electrons. The molecule has 5 nitrogen and oxygen atoms in total. The van der Waals surface area contributed by atoms with Gasteiger partial charge in [0.05, 0.1) is 24.4 Å². The number of nitrogens with one attached hydrogen (secondary N) is 2. The van der Waals surface area contributed by atoms with Crippen molar-refractivity contribution in [3.8, 4) is 17.0 Å². The van der Waals surface area contributed by atoms with Crippen LogP contribution in [0.4, 0.5) is 5.82 Å². The number of aryl methyl sites for hydroxylation is 1. The van der Waals surface area contributed by atoms with Gasteiger partial charge in [-0.05, 0) is 37.6 Å². The van der Waals surface area contributed by atoms with Gasteiger partial charge in [0.2, 0.25) is 0 Å². The topological polar surface area (TPSA) is 62.8 Å². The first-order chi connectivity index (χ1) is 13.1. The molecule has 0 aliphatic rings. The molecule has 1 unspecified atom stereocenters. The van der Waals surface area contributed by atoms with E-state index < -0.39 is 0 Å². The van der Waals surface area contributed by atoms with Crippen LogP contribution < -0.4 is 10.1 Å². The smallest absolute Gasteiger partial charge is 0.130 e. The molecule has 0 saturated heterocycles. The van der Waals surface area contributed by atoms with Crippen molar-refractivity contribution in [3.05, 3.63) is 72.2 Å². The van der Waals surface area contributed by atoms with E-state index in [0.717, 1.165) is 39.7 Å². The molecule has 27 heavy (non-hydrogen) atoms. The van der Waals surface area contributed by atoms with Crippen molar-refractivity contribution in [2.24, 2.45) is 0 Å². The highest BCUT2D eigenvalue weighted by molar-refractivity contribution is 5.93. The minimum atomic E-state index is 0.0866. The maximum Gasteiger partial charge on any atom is 0.130 e. The first-order valence-corrected chi connectivity index (χ1v) is 8.96. The summed E-state index contributed by atoms with van der Waals surface area (Å²) in [4.78, 5) is 12.5. The molecule has 0 bridgehead atoms. The first-order valence-electron chi connectivity index (χ1n) is 8.96. The summed E-state index contributed by atoms with van der Waals surface area (Å²) in [6.45, 7) is 4.03. The number of nitrogens with zero attached hydrogens (tertiary/aromatic N) is 2. The van der Waals surface area contributed by atoms with Gasteiger partial charge in [0, 0.05) is 23.2 Å². The predicted molar refractivity (Wildman–Crippen MR) is 109 cm³/mol. The van der Waals surface area contributed by atoms with Crippen molar-refractivity contribution in [3.63, 3.8) is 0 Å². The third kappa shape index (κ3) is 3.49. The molecule has 4 rings (SSSR count). The van der Waals surface area contributed by atoms with Crippen LogP contribution >= 0.6 is 0 Å². The van der Waals surface area contributed by atoms with Crippen LogP contribution in [0.15, 0.2) is 60.8 Å². The van der Waals surface area contributed by atoms with E-state index in [1.165, 1.54) is 5.39 Å².